The lowest BCUT2D eigenvalue weighted by Crippen LogP contribution is -2.21. The van der Waals surface area contributed by atoms with Crippen LogP contribution in [0.15, 0.2) is 0 Å². The van der Waals surface area contributed by atoms with Crippen molar-refractivity contribution in [2.45, 2.75) is 6.92 Å². The van der Waals surface area contributed by atoms with Gasteiger partial charge in [-0.05, 0) is 18.5 Å². The number of nitrogens with two attached hydrogens (primary N) is 1. The number of hydrogen-bond donors (Lipinski definition) is 2. The number of nitrogens with zero attached hydrogens (tertiary/aromatic N) is 3. The molecule has 0 saturated carbocycles. The van der Waals surface area contributed by atoms with Gasteiger partial charge in [0, 0.05) is 14.1 Å². The van der Waals surface area contributed by atoms with E-state index < -0.39 is 0 Å². The van der Waals surface area contributed by atoms with Crippen molar-refractivity contribution in [1.29, 1.82) is 0 Å². The molecule has 1 aromatic heterocycles. The van der Waals surface area contributed by atoms with Crippen molar-refractivity contribution in [3.63, 3.8) is 0 Å². The average Bonchev–Trinajstić information content (AvgIpc) is 1.98. The quantitative estimate of drug-likeness (QED) is 0.550. The standard InChI is InChI=1S/C7H12ClN5/c1-4-5(9)6(12-13(2)3)11-7(8)10-4/h9H2,1-3H3,(H,10,11,12). The maximum absolute atomic E-state index is 5.73. The second-order valence-corrected chi connectivity index (χ2v) is 3.18. The van der Waals surface area contributed by atoms with Crippen LogP contribution >= 0.6 is 11.6 Å². The molecule has 0 aromatic carbocycles. The summed E-state index contributed by atoms with van der Waals surface area (Å²) in [7, 11) is 3.68. The number of aromatic nitrogens is 2. The molecule has 1 aromatic rings. The van der Waals surface area contributed by atoms with E-state index in [9.17, 15) is 0 Å². The first-order chi connectivity index (χ1) is 6.00. The predicted octanol–water partition coefficient (Wildman–Crippen LogP) is 0.909. The van der Waals surface area contributed by atoms with Gasteiger partial charge < -0.3 is 11.2 Å². The highest BCUT2D eigenvalue weighted by molar-refractivity contribution is 6.28. The molecule has 1 heterocycles. The van der Waals surface area contributed by atoms with Crippen LogP contribution in [0.25, 0.3) is 0 Å². The molecule has 0 radical (unpaired) electrons. The van der Waals surface area contributed by atoms with Crippen molar-refractivity contribution in [3.05, 3.63) is 11.0 Å². The van der Waals surface area contributed by atoms with Crippen LogP contribution in [0.1, 0.15) is 5.69 Å². The Hall–Kier alpha value is -1.07. The van der Waals surface area contributed by atoms with Gasteiger partial charge in [-0.15, -0.1) is 0 Å². The van der Waals surface area contributed by atoms with E-state index in [1.54, 1.807) is 11.9 Å². The lowest BCUT2D eigenvalue weighted by molar-refractivity contribution is 0.492. The van der Waals surface area contributed by atoms with Crippen molar-refractivity contribution in [3.8, 4) is 0 Å². The number of halogens is 1. The van der Waals surface area contributed by atoms with Gasteiger partial charge in [-0.2, -0.15) is 4.98 Å². The van der Waals surface area contributed by atoms with Crippen LogP contribution in [0.2, 0.25) is 5.28 Å². The molecule has 13 heavy (non-hydrogen) atoms. The van der Waals surface area contributed by atoms with Crippen LogP contribution < -0.4 is 11.2 Å². The summed E-state index contributed by atoms with van der Waals surface area (Å²) in [6.07, 6.45) is 0. The maximum Gasteiger partial charge on any atom is 0.224 e. The highest BCUT2D eigenvalue weighted by Gasteiger charge is 2.07. The summed E-state index contributed by atoms with van der Waals surface area (Å²) in [6, 6.07) is 0. The number of hydrazine groups is 1. The van der Waals surface area contributed by atoms with Crippen LogP contribution in [0.4, 0.5) is 11.5 Å². The van der Waals surface area contributed by atoms with Crippen molar-refractivity contribution < 1.29 is 0 Å². The van der Waals surface area contributed by atoms with Crippen LogP contribution in [0.5, 0.6) is 0 Å². The number of anilines is 2. The number of hydrogen-bond acceptors (Lipinski definition) is 5. The number of nitrogen functional groups attached to an aromatic ring is 1. The van der Waals surface area contributed by atoms with Crippen LogP contribution in [-0.4, -0.2) is 29.1 Å². The molecular weight excluding hydrogens is 190 g/mol. The predicted molar refractivity (Wildman–Crippen MR) is 53.5 cm³/mol. The second-order valence-electron chi connectivity index (χ2n) is 2.85. The molecule has 6 heteroatoms. The van der Waals surface area contributed by atoms with E-state index in [2.05, 4.69) is 15.4 Å². The first kappa shape index (κ1) is 10.0. The van der Waals surface area contributed by atoms with Crippen molar-refractivity contribution >= 4 is 23.1 Å². The highest BCUT2D eigenvalue weighted by Crippen LogP contribution is 2.20. The van der Waals surface area contributed by atoms with Crippen molar-refractivity contribution in [2.75, 3.05) is 25.3 Å². The second kappa shape index (κ2) is 3.76. The van der Waals surface area contributed by atoms with E-state index in [1.165, 1.54) is 0 Å². The highest BCUT2D eigenvalue weighted by atomic mass is 35.5. The molecule has 0 amide bonds. The SMILES string of the molecule is Cc1nc(Cl)nc(NN(C)C)c1N. The minimum atomic E-state index is 0.191. The van der Waals surface area contributed by atoms with Gasteiger partial charge in [-0.1, -0.05) is 0 Å². The van der Waals surface area contributed by atoms with E-state index >= 15 is 0 Å². The average molecular weight is 202 g/mol. The Morgan fingerprint density at radius 1 is 1.38 bits per heavy atom. The molecule has 0 atom stereocenters. The molecule has 72 valence electrons. The fraction of sp³-hybridized carbons (Fsp3) is 0.429. The van der Waals surface area contributed by atoms with E-state index in [1.807, 2.05) is 14.1 Å². The van der Waals surface area contributed by atoms with Gasteiger partial charge in [0.1, 0.15) is 0 Å². The third-order valence-electron chi connectivity index (χ3n) is 1.44. The lowest BCUT2D eigenvalue weighted by atomic mass is 10.3. The molecule has 0 fully saturated rings. The Balaban J connectivity index is 3.05. The molecule has 0 bridgehead atoms. The summed E-state index contributed by atoms with van der Waals surface area (Å²) < 4.78 is 0. The van der Waals surface area contributed by atoms with Crippen LogP contribution in [0, 0.1) is 6.92 Å². The maximum atomic E-state index is 5.73. The zero-order chi connectivity index (χ0) is 10.0. The summed E-state index contributed by atoms with van der Waals surface area (Å²) in [5.74, 6) is 0.530. The van der Waals surface area contributed by atoms with Crippen LogP contribution in [-0.2, 0) is 0 Å². The summed E-state index contributed by atoms with van der Waals surface area (Å²) in [5, 5.41) is 1.92. The third kappa shape index (κ3) is 2.43. The monoisotopic (exact) mass is 201 g/mol. The largest absolute Gasteiger partial charge is 0.394 e. The van der Waals surface area contributed by atoms with Gasteiger partial charge in [0.2, 0.25) is 5.28 Å². The third-order valence-corrected chi connectivity index (χ3v) is 1.61. The van der Waals surface area contributed by atoms with Gasteiger partial charge in [0.25, 0.3) is 0 Å². The fourth-order valence-electron chi connectivity index (χ4n) is 0.844. The molecule has 0 aliphatic carbocycles. The summed E-state index contributed by atoms with van der Waals surface area (Å²) in [5.41, 5.74) is 9.84. The van der Waals surface area contributed by atoms with Gasteiger partial charge in [-0.3, -0.25) is 0 Å². The minimum Gasteiger partial charge on any atom is -0.394 e. The molecule has 1 rings (SSSR count). The van der Waals surface area contributed by atoms with Gasteiger partial charge >= 0.3 is 0 Å². The van der Waals surface area contributed by atoms with E-state index in [-0.39, 0.29) is 5.28 Å². The molecule has 0 aliphatic rings. The first-order valence-corrected chi connectivity index (χ1v) is 4.12. The Kier molecular flexibility index (Phi) is 2.90. The van der Waals surface area contributed by atoms with E-state index in [0.29, 0.717) is 17.2 Å². The zero-order valence-corrected chi connectivity index (χ0v) is 8.55. The molecule has 3 N–H and O–H groups in total. The molecule has 0 aliphatic heterocycles. The molecule has 0 unspecified atom stereocenters. The van der Waals surface area contributed by atoms with Gasteiger partial charge in [0.15, 0.2) is 5.82 Å². The smallest absolute Gasteiger partial charge is 0.224 e. The molecule has 5 nitrogen and oxygen atoms in total. The van der Waals surface area contributed by atoms with E-state index in [4.69, 9.17) is 17.3 Å². The molecule has 0 spiro atoms. The topological polar surface area (TPSA) is 67.1 Å². The number of nitrogens with one attached hydrogen (secondary N) is 1. The summed E-state index contributed by atoms with van der Waals surface area (Å²) >= 11 is 5.67. The van der Waals surface area contributed by atoms with Gasteiger partial charge in [0.05, 0.1) is 11.4 Å². The normalized spacial score (nSPS) is 10.5. The van der Waals surface area contributed by atoms with Crippen molar-refractivity contribution in [1.82, 2.24) is 15.0 Å². The Morgan fingerprint density at radius 3 is 2.54 bits per heavy atom. The van der Waals surface area contributed by atoms with Gasteiger partial charge in [-0.25, -0.2) is 9.99 Å². The van der Waals surface area contributed by atoms with Crippen molar-refractivity contribution in [2.24, 2.45) is 0 Å². The first-order valence-electron chi connectivity index (χ1n) is 3.74. The minimum absolute atomic E-state index is 0.191. The Morgan fingerprint density at radius 2 is 2.00 bits per heavy atom. The Bertz CT molecular complexity index is 312. The van der Waals surface area contributed by atoms with Crippen LogP contribution in [0.3, 0.4) is 0 Å². The lowest BCUT2D eigenvalue weighted by Gasteiger charge is -2.14. The number of rotatable bonds is 2. The molecule has 0 saturated heterocycles. The van der Waals surface area contributed by atoms with E-state index in [0.717, 1.165) is 0 Å². The summed E-state index contributed by atoms with van der Waals surface area (Å²) in [6.45, 7) is 1.78. The molecular formula is C7H12ClN5. The zero-order valence-electron chi connectivity index (χ0n) is 7.80. The Labute approximate surface area is 81.9 Å². The summed E-state index contributed by atoms with van der Waals surface area (Å²) in [4.78, 5) is 7.86. The fourth-order valence-corrected chi connectivity index (χ4v) is 1.06. The number of aryl methyl sites for hydroxylation is 1.